The molecule has 1 aromatic carbocycles. The van der Waals surface area contributed by atoms with Crippen LogP contribution in [0.5, 0.6) is 0 Å². The molecule has 1 heterocycles. The molecule has 2 aromatic rings. The molecule has 0 saturated heterocycles. The van der Waals surface area contributed by atoms with Crippen LogP contribution < -0.4 is 11.1 Å². The SMILES string of the molecule is CCCCCn1c(=O)c(=O)[nH]c2cc(C(=O)O)ccc21. The fraction of sp³-hybridized carbons (Fsp3) is 0.357. The number of benzene rings is 1. The first-order chi connectivity index (χ1) is 9.54. The first-order valence-corrected chi connectivity index (χ1v) is 6.54. The van der Waals surface area contributed by atoms with Crippen molar-refractivity contribution in [2.45, 2.75) is 32.7 Å². The third-order valence-electron chi connectivity index (χ3n) is 3.21. The largest absolute Gasteiger partial charge is 0.478 e. The number of carbonyl (C=O) groups is 1. The molecule has 1 aromatic heterocycles. The van der Waals surface area contributed by atoms with Crippen LogP contribution in [0.4, 0.5) is 0 Å². The number of aromatic amines is 1. The van der Waals surface area contributed by atoms with E-state index in [-0.39, 0.29) is 5.56 Å². The molecular weight excluding hydrogens is 260 g/mol. The summed E-state index contributed by atoms with van der Waals surface area (Å²) in [7, 11) is 0. The zero-order chi connectivity index (χ0) is 14.7. The molecule has 0 spiro atoms. The summed E-state index contributed by atoms with van der Waals surface area (Å²) in [6.07, 6.45) is 2.78. The second kappa shape index (κ2) is 5.73. The normalized spacial score (nSPS) is 10.8. The lowest BCUT2D eigenvalue weighted by molar-refractivity contribution is 0.0697. The topological polar surface area (TPSA) is 92.2 Å². The number of aryl methyl sites for hydroxylation is 1. The molecule has 0 atom stereocenters. The van der Waals surface area contributed by atoms with E-state index in [1.54, 1.807) is 6.07 Å². The fourth-order valence-electron chi connectivity index (χ4n) is 2.15. The second-order valence-electron chi connectivity index (χ2n) is 4.66. The van der Waals surface area contributed by atoms with Gasteiger partial charge in [0.2, 0.25) is 0 Å². The minimum absolute atomic E-state index is 0.0758. The quantitative estimate of drug-likeness (QED) is 0.640. The van der Waals surface area contributed by atoms with Crippen LogP contribution in [-0.4, -0.2) is 20.6 Å². The molecule has 0 bridgehead atoms. The molecule has 0 saturated carbocycles. The maximum Gasteiger partial charge on any atom is 0.335 e. The molecule has 0 aliphatic heterocycles. The van der Waals surface area contributed by atoms with E-state index in [1.165, 1.54) is 16.7 Å². The van der Waals surface area contributed by atoms with Crippen LogP contribution in [0.2, 0.25) is 0 Å². The fourth-order valence-corrected chi connectivity index (χ4v) is 2.15. The van der Waals surface area contributed by atoms with Crippen molar-refractivity contribution < 1.29 is 9.90 Å². The molecule has 0 fully saturated rings. The predicted molar refractivity (Wildman–Crippen MR) is 75.3 cm³/mol. The standard InChI is InChI=1S/C14H16N2O4/c1-2-3-4-7-16-11-6-5-9(14(19)20)8-10(11)15-12(17)13(16)18/h5-6,8H,2-4,7H2,1H3,(H,15,17)(H,19,20). The van der Waals surface area contributed by atoms with Gasteiger partial charge in [0.05, 0.1) is 16.6 Å². The van der Waals surface area contributed by atoms with Crippen molar-refractivity contribution in [1.82, 2.24) is 9.55 Å². The van der Waals surface area contributed by atoms with Gasteiger partial charge < -0.3 is 14.7 Å². The number of H-pyrrole nitrogens is 1. The van der Waals surface area contributed by atoms with Crippen molar-refractivity contribution in [3.63, 3.8) is 0 Å². The summed E-state index contributed by atoms with van der Waals surface area (Å²) >= 11 is 0. The Bertz CT molecular complexity index is 758. The molecular formula is C14H16N2O4. The van der Waals surface area contributed by atoms with Crippen molar-refractivity contribution in [2.24, 2.45) is 0 Å². The van der Waals surface area contributed by atoms with Gasteiger partial charge >= 0.3 is 17.1 Å². The number of hydrogen-bond acceptors (Lipinski definition) is 3. The number of nitrogens with one attached hydrogen (secondary N) is 1. The number of carboxylic acids is 1. The van der Waals surface area contributed by atoms with Gasteiger partial charge in [0, 0.05) is 6.54 Å². The summed E-state index contributed by atoms with van der Waals surface area (Å²) in [5, 5.41) is 8.95. The molecule has 6 heteroatoms. The first-order valence-electron chi connectivity index (χ1n) is 6.54. The number of hydrogen-bond donors (Lipinski definition) is 2. The van der Waals surface area contributed by atoms with Gasteiger partial charge in [-0.2, -0.15) is 0 Å². The number of rotatable bonds is 5. The highest BCUT2D eigenvalue weighted by Gasteiger charge is 2.10. The molecule has 2 rings (SSSR count). The lowest BCUT2D eigenvalue weighted by atomic mass is 10.2. The van der Waals surface area contributed by atoms with Crippen LogP contribution in [0.15, 0.2) is 27.8 Å². The van der Waals surface area contributed by atoms with E-state index >= 15 is 0 Å². The Balaban J connectivity index is 2.59. The Morgan fingerprint density at radius 1 is 1.30 bits per heavy atom. The zero-order valence-corrected chi connectivity index (χ0v) is 11.2. The maximum atomic E-state index is 11.9. The van der Waals surface area contributed by atoms with Gasteiger partial charge in [0.15, 0.2) is 0 Å². The summed E-state index contributed by atoms with van der Waals surface area (Å²) in [5.74, 6) is -1.07. The summed E-state index contributed by atoms with van der Waals surface area (Å²) in [6, 6.07) is 4.36. The molecule has 6 nitrogen and oxygen atoms in total. The third-order valence-corrected chi connectivity index (χ3v) is 3.21. The van der Waals surface area contributed by atoms with Gasteiger partial charge in [-0.1, -0.05) is 19.8 Å². The minimum Gasteiger partial charge on any atom is -0.478 e. The summed E-state index contributed by atoms with van der Waals surface area (Å²) in [6.45, 7) is 2.51. The number of nitrogens with zero attached hydrogens (tertiary/aromatic N) is 1. The molecule has 0 unspecified atom stereocenters. The van der Waals surface area contributed by atoms with Crippen molar-refractivity contribution in [2.75, 3.05) is 0 Å². The third kappa shape index (κ3) is 2.64. The van der Waals surface area contributed by atoms with Crippen molar-refractivity contribution in [1.29, 1.82) is 0 Å². The smallest absolute Gasteiger partial charge is 0.335 e. The average molecular weight is 276 g/mol. The lowest BCUT2D eigenvalue weighted by Gasteiger charge is -2.09. The van der Waals surface area contributed by atoms with Gasteiger partial charge in [-0.3, -0.25) is 9.59 Å². The number of aromatic carboxylic acids is 1. The van der Waals surface area contributed by atoms with Gasteiger partial charge in [-0.15, -0.1) is 0 Å². The van der Waals surface area contributed by atoms with E-state index in [0.717, 1.165) is 19.3 Å². The van der Waals surface area contributed by atoms with Crippen LogP contribution in [0.1, 0.15) is 36.5 Å². The molecule has 0 aliphatic rings. The highest BCUT2D eigenvalue weighted by atomic mass is 16.4. The van der Waals surface area contributed by atoms with E-state index in [0.29, 0.717) is 17.6 Å². The number of aromatic nitrogens is 2. The second-order valence-corrected chi connectivity index (χ2v) is 4.66. The number of unbranched alkanes of at least 4 members (excludes halogenated alkanes) is 2. The predicted octanol–water partition coefficient (Wildman–Crippen LogP) is 1.58. The van der Waals surface area contributed by atoms with E-state index in [9.17, 15) is 14.4 Å². The Kier molecular flexibility index (Phi) is 4.02. The zero-order valence-electron chi connectivity index (χ0n) is 11.2. The number of fused-ring (bicyclic) bond motifs is 1. The monoisotopic (exact) mass is 276 g/mol. The Labute approximate surface area is 114 Å². The summed E-state index contributed by atoms with van der Waals surface area (Å²) in [4.78, 5) is 36.9. The van der Waals surface area contributed by atoms with Crippen LogP contribution in [0.25, 0.3) is 11.0 Å². The number of carboxylic acid groups (broad SMARTS) is 1. The first kappa shape index (κ1) is 14.0. The molecule has 0 aliphatic carbocycles. The van der Waals surface area contributed by atoms with Gasteiger partial charge in [-0.25, -0.2) is 4.79 Å². The summed E-state index contributed by atoms with van der Waals surface area (Å²) in [5.41, 5.74) is -0.332. The van der Waals surface area contributed by atoms with Gasteiger partial charge in [0.25, 0.3) is 0 Å². The van der Waals surface area contributed by atoms with Crippen molar-refractivity contribution >= 4 is 17.0 Å². The van der Waals surface area contributed by atoms with Crippen LogP contribution in [0, 0.1) is 0 Å². The van der Waals surface area contributed by atoms with Crippen LogP contribution in [-0.2, 0) is 6.54 Å². The molecule has 2 N–H and O–H groups in total. The Hall–Kier alpha value is -2.37. The highest BCUT2D eigenvalue weighted by Crippen LogP contribution is 2.12. The Morgan fingerprint density at radius 2 is 2.05 bits per heavy atom. The molecule has 0 amide bonds. The van der Waals surface area contributed by atoms with Crippen LogP contribution in [0.3, 0.4) is 0 Å². The van der Waals surface area contributed by atoms with Crippen LogP contribution >= 0.6 is 0 Å². The average Bonchev–Trinajstić information content (AvgIpc) is 2.42. The van der Waals surface area contributed by atoms with E-state index in [1.807, 2.05) is 0 Å². The van der Waals surface area contributed by atoms with E-state index in [4.69, 9.17) is 5.11 Å². The van der Waals surface area contributed by atoms with Gasteiger partial charge in [0.1, 0.15) is 0 Å². The minimum atomic E-state index is -1.07. The summed E-state index contributed by atoms with van der Waals surface area (Å²) < 4.78 is 1.41. The van der Waals surface area contributed by atoms with Gasteiger partial charge in [-0.05, 0) is 24.6 Å². The molecule has 106 valence electrons. The van der Waals surface area contributed by atoms with E-state index < -0.39 is 17.1 Å². The van der Waals surface area contributed by atoms with Crippen molar-refractivity contribution in [3.05, 3.63) is 44.5 Å². The molecule has 0 radical (unpaired) electrons. The van der Waals surface area contributed by atoms with E-state index in [2.05, 4.69) is 11.9 Å². The molecule has 20 heavy (non-hydrogen) atoms. The maximum absolute atomic E-state index is 11.9. The Morgan fingerprint density at radius 3 is 2.70 bits per heavy atom. The lowest BCUT2D eigenvalue weighted by Crippen LogP contribution is -2.36. The highest BCUT2D eigenvalue weighted by molar-refractivity contribution is 5.92. The van der Waals surface area contributed by atoms with Crippen molar-refractivity contribution in [3.8, 4) is 0 Å².